The number of nitrogens with zero attached hydrogens (tertiary/aromatic N) is 3. The summed E-state index contributed by atoms with van der Waals surface area (Å²) < 4.78 is 7.49. The van der Waals surface area contributed by atoms with Crippen molar-refractivity contribution in [3.63, 3.8) is 0 Å². The summed E-state index contributed by atoms with van der Waals surface area (Å²) in [5, 5.41) is 23.9. The summed E-state index contributed by atoms with van der Waals surface area (Å²) in [4.78, 5) is 0. The molecule has 0 unspecified atom stereocenters. The Hall–Kier alpha value is -14.6. The summed E-state index contributed by atoms with van der Waals surface area (Å²) in [6.07, 6.45) is 0. The quantitative estimate of drug-likeness (QED) is 0.167. The minimum Gasteiger partial charge on any atom is -0.309 e. The van der Waals surface area contributed by atoms with Gasteiger partial charge in [-0.05, 0) is 221 Å². The van der Waals surface area contributed by atoms with Crippen molar-refractivity contribution in [2.45, 2.75) is 77.0 Å². The minimum absolute atomic E-state index is 0.0589. The van der Waals surface area contributed by atoms with Crippen molar-refractivity contribution in [3.05, 3.63) is 427 Å². The summed E-state index contributed by atoms with van der Waals surface area (Å²) in [7, 11) is 0. The SMILES string of the molecule is CC1(C)c2ccccc2-c2c3c1cccc3cc1c2c2c3ccccc3ccc2n1-c1ccc(-c2ccccc2)cc1.CC1(C)c2ccccc2-c2c3c1cccc3cc1c2c2c3ccccc3ccc2n1-c1ccccc1.CC1(C)c2ccccc2-c2ccc(-n3c4cc5cccc6c5c(c4c4c5ccccc5ccc43)-c3ccccc3C6(C)C)cc21. The minimum atomic E-state index is -0.0855. The Morgan fingerprint density at radius 1 is 0.163 bits per heavy atom. The van der Waals surface area contributed by atoms with Gasteiger partial charge in [0.25, 0.3) is 0 Å². The molecule has 4 aliphatic carbocycles. The fourth-order valence-corrected chi connectivity index (χ4v) is 23.4. The molecule has 0 saturated carbocycles. The molecular weight excluding hydrogens is 1480 g/mol. The van der Waals surface area contributed by atoms with Crippen LogP contribution in [0.5, 0.6) is 0 Å². The third-order valence-electron chi connectivity index (χ3n) is 29.1. The third kappa shape index (κ3) is 9.93. The Balaban J connectivity index is 0.000000102. The highest BCUT2D eigenvalue weighted by molar-refractivity contribution is 6.34. The van der Waals surface area contributed by atoms with E-state index < -0.39 is 0 Å². The molecule has 27 rings (SSSR count). The average Bonchev–Trinajstić information content (AvgIpc) is 1.40. The van der Waals surface area contributed by atoms with Crippen LogP contribution in [0.2, 0.25) is 0 Å². The number of hydrogen-bond acceptors (Lipinski definition) is 0. The van der Waals surface area contributed by atoms with Gasteiger partial charge in [-0.15, -0.1) is 0 Å². The van der Waals surface area contributed by atoms with Crippen molar-refractivity contribution in [1.29, 1.82) is 0 Å². The maximum Gasteiger partial charge on any atom is 0.0553 e. The Morgan fingerprint density at radius 3 is 0.854 bits per heavy atom. The Labute approximate surface area is 715 Å². The van der Waals surface area contributed by atoms with Gasteiger partial charge in [-0.1, -0.05) is 365 Å². The van der Waals surface area contributed by atoms with Gasteiger partial charge in [0.05, 0.1) is 33.1 Å². The van der Waals surface area contributed by atoms with Gasteiger partial charge in [0.2, 0.25) is 0 Å². The van der Waals surface area contributed by atoms with Crippen LogP contribution in [0.15, 0.2) is 382 Å². The molecule has 3 aromatic heterocycles. The Morgan fingerprint density at radius 2 is 0.447 bits per heavy atom. The van der Waals surface area contributed by atoms with E-state index in [1.54, 1.807) is 0 Å². The molecule has 20 aromatic carbocycles. The second-order valence-electron chi connectivity index (χ2n) is 36.9. The maximum absolute atomic E-state index is 2.54. The molecule has 582 valence electrons. The molecule has 0 bridgehead atoms. The molecule has 0 saturated heterocycles. The van der Waals surface area contributed by atoms with Gasteiger partial charge in [0.1, 0.15) is 0 Å². The normalized spacial score (nSPS) is 14.4. The first-order valence-electron chi connectivity index (χ1n) is 43.6. The molecule has 0 radical (unpaired) electrons. The highest BCUT2D eigenvalue weighted by Gasteiger charge is 2.41. The molecule has 23 aromatic rings. The molecule has 0 spiro atoms. The zero-order chi connectivity index (χ0) is 82.3. The topological polar surface area (TPSA) is 14.8 Å². The lowest BCUT2D eigenvalue weighted by Crippen LogP contribution is -2.23. The predicted molar refractivity (Wildman–Crippen MR) is 523 cm³/mol. The van der Waals surface area contributed by atoms with Crippen molar-refractivity contribution in [2.24, 2.45) is 0 Å². The first-order chi connectivity index (χ1) is 60.1. The highest BCUT2D eigenvalue weighted by atomic mass is 15.0. The van der Waals surface area contributed by atoms with Crippen LogP contribution in [0, 0.1) is 0 Å². The van der Waals surface area contributed by atoms with E-state index in [9.17, 15) is 0 Å². The molecular formula is C120H87N3. The largest absolute Gasteiger partial charge is 0.309 e. The fourth-order valence-electron chi connectivity index (χ4n) is 23.4. The van der Waals surface area contributed by atoms with Crippen LogP contribution in [-0.2, 0) is 21.7 Å². The van der Waals surface area contributed by atoms with Crippen molar-refractivity contribution in [2.75, 3.05) is 0 Å². The van der Waals surface area contributed by atoms with E-state index in [4.69, 9.17) is 0 Å². The van der Waals surface area contributed by atoms with Crippen LogP contribution in [0.3, 0.4) is 0 Å². The lowest BCUT2D eigenvalue weighted by Gasteiger charge is -2.35. The molecule has 0 aliphatic heterocycles. The number of aromatic nitrogens is 3. The van der Waals surface area contributed by atoms with Crippen molar-refractivity contribution in [1.82, 2.24) is 13.7 Å². The molecule has 123 heavy (non-hydrogen) atoms. The molecule has 3 nitrogen and oxygen atoms in total. The fraction of sp³-hybridized carbons (Fsp3) is 0.100. The molecule has 4 aliphatic rings. The van der Waals surface area contributed by atoms with Crippen molar-refractivity contribution in [3.8, 4) is 72.7 Å². The Kier molecular flexibility index (Phi) is 15.0. The molecule has 0 N–H and O–H groups in total. The molecule has 0 amide bonds. The average molecular weight is 1570 g/mol. The van der Waals surface area contributed by atoms with E-state index in [0.29, 0.717) is 0 Å². The highest BCUT2D eigenvalue weighted by Crippen LogP contribution is 2.59. The van der Waals surface area contributed by atoms with Crippen LogP contribution in [0.1, 0.15) is 99.9 Å². The second-order valence-corrected chi connectivity index (χ2v) is 36.9. The lowest BCUT2D eigenvalue weighted by molar-refractivity contribution is 0.645. The van der Waals surface area contributed by atoms with Gasteiger partial charge in [-0.25, -0.2) is 0 Å². The van der Waals surface area contributed by atoms with E-state index in [1.165, 1.54) is 247 Å². The van der Waals surface area contributed by atoms with Gasteiger partial charge in [-0.2, -0.15) is 0 Å². The van der Waals surface area contributed by atoms with E-state index in [0.717, 1.165) is 0 Å². The number of para-hydroxylation sites is 1. The zero-order valence-electron chi connectivity index (χ0n) is 70.2. The maximum atomic E-state index is 2.54. The number of fused-ring (bicyclic) bond motifs is 27. The van der Waals surface area contributed by atoms with Crippen LogP contribution >= 0.6 is 0 Å². The first-order valence-corrected chi connectivity index (χ1v) is 43.6. The van der Waals surface area contributed by atoms with Gasteiger partial charge in [0.15, 0.2) is 0 Å². The standard InChI is InChI=1S/C44H33N.C41H29N.C35H25N/c1-43(2)34-18-10-8-16-32(34)41-39-27(13-11-19-35(39)43)24-38-42(41)40-29-14-6-5-12-26(29)20-23-37(40)45(38)28-21-22-31-30-15-7-9-17-33(30)44(3,4)36(31)25-28;1-41(2)33-17-9-8-16-32(33)39-37-29(14-10-18-34(37)41)25-36-40(39)38-31-15-7-6-13-28(31)21-24-35(38)42(36)30-22-19-27(20-23-30)26-11-4-3-5-12-26;1-35(2)27-17-9-8-16-26(27)33-31-23(12-10-18-28(31)35)21-30-34(33)32-25-15-7-6-11-22(25)19-20-29(32)36(30)24-13-4-3-5-14-24/h5-25H,1-4H3;3-25H,1-2H3;3-21H,1-2H3. The summed E-state index contributed by atoms with van der Waals surface area (Å²) in [5.41, 5.74) is 35.4. The van der Waals surface area contributed by atoms with Gasteiger partial charge < -0.3 is 13.7 Å². The summed E-state index contributed by atoms with van der Waals surface area (Å²) in [5.74, 6) is 0. The third-order valence-corrected chi connectivity index (χ3v) is 29.1. The number of hydrogen-bond donors (Lipinski definition) is 0. The van der Waals surface area contributed by atoms with E-state index in [1.807, 2.05) is 0 Å². The van der Waals surface area contributed by atoms with Crippen LogP contribution < -0.4 is 0 Å². The smallest absolute Gasteiger partial charge is 0.0553 e. The first kappa shape index (κ1) is 71.3. The van der Waals surface area contributed by atoms with Gasteiger partial charge in [-0.3, -0.25) is 0 Å². The van der Waals surface area contributed by atoms with Gasteiger partial charge >= 0.3 is 0 Å². The zero-order valence-corrected chi connectivity index (χ0v) is 70.2. The predicted octanol–water partition coefficient (Wildman–Crippen LogP) is 32.2. The monoisotopic (exact) mass is 1570 g/mol. The number of benzene rings is 20. The molecule has 3 heterocycles. The van der Waals surface area contributed by atoms with Crippen LogP contribution in [0.25, 0.3) is 203 Å². The molecule has 0 atom stereocenters. The second kappa shape index (κ2) is 25.9. The lowest BCUT2D eigenvalue weighted by atomic mass is 9.68. The Bertz CT molecular complexity index is 8530. The van der Waals surface area contributed by atoms with Crippen molar-refractivity contribution >= 4 is 130 Å². The van der Waals surface area contributed by atoms with Crippen LogP contribution in [-0.4, -0.2) is 13.7 Å². The van der Waals surface area contributed by atoms with Crippen molar-refractivity contribution < 1.29 is 0 Å². The summed E-state index contributed by atoms with van der Waals surface area (Å²) >= 11 is 0. The van der Waals surface area contributed by atoms with Crippen LogP contribution in [0.4, 0.5) is 0 Å². The molecule has 3 heteroatoms. The van der Waals surface area contributed by atoms with E-state index in [2.05, 4.69) is 451 Å². The summed E-state index contributed by atoms with van der Waals surface area (Å²) in [6, 6.07) is 142. The van der Waals surface area contributed by atoms with E-state index >= 15 is 0 Å². The summed E-state index contributed by atoms with van der Waals surface area (Å²) in [6.45, 7) is 19.0. The number of rotatable bonds is 4. The van der Waals surface area contributed by atoms with Gasteiger partial charge in [0, 0.05) is 87.7 Å². The molecule has 0 fully saturated rings. The van der Waals surface area contributed by atoms with E-state index in [-0.39, 0.29) is 21.7 Å².